The summed E-state index contributed by atoms with van der Waals surface area (Å²) in [6, 6.07) is 0.163. The van der Waals surface area contributed by atoms with E-state index < -0.39 is 19.9 Å². The Balaban J connectivity index is 1.50. The lowest BCUT2D eigenvalue weighted by molar-refractivity contribution is 0.161. The molecule has 3 rings (SSSR count). The summed E-state index contributed by atoms with van der Waals surface area (Å²) >= 11 is 0. The Morgan fingerprint density at radius 2 is 1.65 bits per heavy atom. The molecule has 3 fully saturated rings. The number of nitrogens with one attached hydrogen (secondary N) is 1. The molecule has 20 heavy (non-hydrogen) atoms. The molecule has 0 spiro atoms. The van der Waals surface area contributed by atoms with Gasteiger partial charge >= 0.3 is 0 Å². The monoisotopic (exact) mass is 322 g/mol. The lowest BCUT2D eigenvalue weighted by Gasteiger charge is -2.35. The molecule has 2 aliphatic heterocycles. The fourth-order valence-electron chi connectivity index (χ4n) is 3.15. The van der Waals surface area contributed by atoms with Crippen LogP contribution in [-0.2, 0) is 19.9 Å². The Morgan fingerprint density at radius 3 is 2.15 bits per heavy atom. The van der Waals surface area contributed by atoms with E-state index in [0.717, 1.165) is 45.2 Å². The summed E-state index contributed by atoms with van der Waals surface area (Å²) in [5.41, 5.74) is 0. The first-order chi connectivity index (χ1) is 9.36. The maximum absolute atomic E-state index is 11.9. The van der Waals surface area contributed by atoms with Gasteiger partial charge in [-0.05, 0) is 45.2 Å². The molecule has 0 aromatic rings. The Hall–Kier alpha value is -0.180. The van der Waals surface area contributed by atoms with Crippen LogP contribution in [0.5, 0.6) is 0 Å². The highest BCUT2D eigenvalue weighted by Gasteiger charge is 2.38. The quantitative estimate of drug-likeness (QED) is 0.770. The third-order valence-electron chi connectivity index (χ3n) is 4.55. The second-order valence-electron chi connectivity index (χ2n) is 6.23. The molecule has 1 N–H and O–H groups in total. The van der Waals surface area contributed by atoms with Crippen molar-refractivity contribution in [3.63, 3.8) is 0 Å². The molecule has 0 bridgehead atoms. The largest absolute Gasteiger partial charge is 0.299 e. The zero-order valence-corrected chi connectivity index (χ0v) is 13.1. The highest BCUT2D eigenvalue weighted by atomic mass is 32.2. The van der Waals surface area contributed by atoms with Gasteiger partial charge in [0.1, 0.15) is 0 Å². The van der Waals surface area contributed by atoms with Crippen LogP contribution in [0.4, 0.5) is 0 Å². The molecule has 3 aliphatic rings. The van der Waals surface area contributed by atoms with Gasteiger partial charge in [-0.1, -0.05) is 0 Å². The van der Waals surface area contributed by atoms with Gasteiger partial charge in [0.25, 0.3) is 0 Å². The van der Waals surface area contributed by atoms with Crippen LogP contribution in [0.3, 0.4) is 0 Å². The van der Waals surface area contributed by atoms with E-state index in [1.165, 1.54) is 0 Å². The first kappa shape index (κ1) is 14.7. The summed E-state index contributed by atoms with van der Waals surface area (Å²) in [7, 11) is -5.95. The SMILES string of the molecule is O=S1(=O)CC[C@@H](N2CCC(NS(=O)(=O)C3CC3)CC2)C1. The van der Waals surface area contributed by atoms with Crippen molar-refractivity contribution in [2.24, 2.45) is 0 Å². The van der Waals surface area contributed by atoms with Crippen LogP contribution in [0.1, 0.15) is 32.1 Å². The minimum atomic E-state index is -3.11. The van der Waals surface area contributed by atoms with Crippen molar-refractivity contribution in [3.8, 4) is 0 Å². The summed E-state index contributed by atoms with van der Waals surface area (Å²) in [6.07, 6.45) is 3.86. The molecule has 1 saturated carbocycles. The van der Waals surface area contributed by atoms with Gasteiger partial charge in [-0.3, -0.25) is 4.90 Å². The van der Waals surface area contributed by atoms with E-state index in [1.807, 2.05) is 0 Å². The Bertz CT molecular complexity index is 560. The zero-order valence-electron chi connectivity index (χ0n) is 11.5. The van der Waals surface area contributed by atoms with Crippen LogP contribution in [0.2, 0.25) is 0 Å². The molecular weight excluding hydrogens is 300 g/mol. The van der Waals surface area contributed by atoms with E-state index in [-0.39, 0.29) is 23.1 Å². The molecule has 2 saturated heterocycles. The smallest absolute Gasteiger partial charge is 0.214 e. The Morgan fingerprint density at radius 1 is 1.00 bits per heavy atom. The molecule has 116 valence electrons. The molecule has 0 unspecified atom stereocenters. The number of sulfonamides is 1. The Kier molecular flexibility index (Phi) is 3.85. The van der Waals surface area contributed by atoms with Crippen molar-refractivity contribution in [2.75, 3.05) is 24.6 Å². The summed E-state index contributed by atoms with van der Waals surface area (Å²) in [5, 5.41) is -0.166. The van der Waals surface area contributed by atoms with Crippen molar-refractivity contribution in [1.82, 2.24) is 9.62 Å². The second kappa shape index (κ2) is 5.23. The van der Waals surface area contributed by atoms with Gasteiger partial charge in [0, 0.05) is 12.1 Å². The molecular formula is C12H22N2O4S2. The minimum Gasteiger partial charge on any atom is -0.299 e. The third-order valence-corrected chi connectivity index (χ3v) is 8.31. The predicted octanol–water partition coefficient (Wildman–Crippen LogP) is -0.280. The number of likely N-dealkylation sites (tertiary alicyclic amines) is 1. The van der Waals surface area contributed by atoms with Gasteiger partial charge in [-0.15, -0.1) is 0 Å². The Labute approximate surface area is 120 Å². The molecule has 0 radical (unpaired) electrons. The van der Waals surface area contributed by atoms with E-state index in [4.69, 9.17) is 0 Å². The molecule has 0 amide bonds. The molecule has 6 nitrogen and oxygen atoms in total. The summed E-state index contributed by atoms with van der Waals surface area (Å²) < 4.78 is 49.6. The van der Waals surface area contributed by atoms with Gasteiger partial charge in [0.15, 0.2) is 9.84 Å². The highest BCUT2D eigenvalue weighted by Crippen LogP contribution is 2.29. The number of sulfone groups is 1. The van der Waals surface area contributed by atoms with Crippen molar-refractivity contribution in [1.29, 1.82) is 0 Å². The number of nitrogens with zero attached hydrogens (tertiary/aromatic N) is 1. The highest BCUT2D eigenvalue weighted by molar-refractivity contribution is 7.91. The molecule has 1 atom stereocenters. The van der Waals surface area contributed by atoms with Crippen LogP contribution in [-0.4, -0.2) is 63.7 Å². The van der Waals surface area contributed by atoms with Crippen LogP contribution >= 0.6 is 0 Å². The van der Waals surface area contributed by atoms with E-state index in [9.17, 15) is 16.8 Å². The van der Waals surface area contributed by atoms with E-state index in [2.05, 4.69) is 9.62 Å². The van der Waals surface area contributed by atoms with Gasteiger partial charge in [0.05, 0.1) is 16.8 Å². The van der Waals surface area contributed by atoms with Gasteiger partial charge < -0.3 is 0 Å². The van der Waals surface area contributed by atoms with Crippen LogP contribution in [0.25, 0.3) is 0 Å². The van der Waals surface area contributed by atoms with Gasteiger partial charge in [0.2, 0.25) is 10.0 Å². The number of piperidine rings is 1. The topological polar surface area (TPSA) is 83.6 Å². The lowest BCUT2D eigenvalue weighted by atomic mass is 10.0. The average molecular weight is 322 g/mol. The van der Waals surface area contributed by atoms with Gasteiger partial charge in [-0.2, -0.15) is 0 Å². The summed E-state index contributed by atoms with van der Waals surface area (Å²) in [5.74, 6) is 0.567. The van der Waals surface area contributed by atoms with Crippen molar-refractivity contribution in [2.45, 2.75) is 49.4 Å². The standard InChI is InChI=1S/C12H22N2O4S2/c15-19(16)8-5-11(9-19)14-6-3-10(4-7-14)13-20(17,18)12-1-2-12/h10-13H,1-9H2/t11-/m1/s1. The first-order valence-corrected chi connectivity index (χ1v) is 10.7. The van der Waals surface area contributed by atoms with Crippen LogP contribution in [0.15, 0.2) is 0 Å². The average Bonchev–Trinajstić information content (AvgIpc) is 3.15. The molecule has 0 aromatic heterocycles. The number of hydrogen-bond acceptors (Lipinski definition) is 5. The summed E-state index contributed by atoms with van der Waals surface area (Å²) in [4.78, 5) is 2.21. The predicted molar refractivity (Wildman–Crippen MR) is 76.7 cm³/mol. The van der Waals surface area contributed by atoms with Gasteiger partial charge in [-0.25, -0.2) is 21.6 Å². The van der Waals surface area contributed by atoms with E-state index in [1.54, 1.807) is 0 Å². The molecule has 8 heteroatoms. The second-order valence-corrected chi connectivity index (χ2v) is 10.5. The third kappa shape index (κ3) is 3.35. The first-order valence-electron chi connectivity index (χ1n) is 7.31. The fraction of sp³-hybridized carbons (Fsp3) is 1.00. The normalized spacial score (nSPS) is 32.5. The van der Waals surface area contributed by atoms with Crippen LogP contribution < -0.4 is 4.72 Å². The van der Waals surface area contributed by atoms with Crippen LogP contribution in [0, 0.1) is 0 Å². The number of rotatable bonds is 4. The fourth-order valence-corrected chi connectivity index (χ4v) is 6.56. The van der Waals surface area contributed by atoms with E-state index >= 15 is 0 Å². The zero-order chi connectivity index (χ0) is 14.4. The summed E-state index contributed by atoms with van der Waals surface area (Å²) in [6.45, 7) is 1.58. The molecule has 1 aliphatic carbocycles. The molecule has 0 aromatic carbocycles. The minimum absolute atomic E-state index is 0.0230. The van der Waals surface area contributed by atoms with E-state index in [0.29, 0.717) is 5.75 Å². The lowest BCUT2D eigenvalue weighted by Crippen LogP contribution is -2.48. The maximum Gasteiger partial charge on any atom is 0.214 e. The van der Waals surface area contributed by atoms with Crippen molar-refractivity contribution < 1.29 is 16.8 Å². The number of hydrogen-bond donors (Lipinski definition) is 1. The van der Waals surface area contributed by atoms with Crippen molar-refractivity contribution >= 4 is 19.9 Å². The molecule has 2 heterocycles. The van der Waals surface area contributed by atoms with Crippen molar-refractivity contribution in [3.05, 3.63) is 0 Å². The maximum atomic E-state index is 11.9.